The van der Waals surface area contributed by atoms with Crippen molar-refractivity contribution in [2.75, 3.05) is 11.1 Å². The first-order valence-electron chi connectivity index (χ1n) is 12.2. The molecule has 0 fully saturated rings. The number of benzene rings is 3. The molecule has 0 atom stereocenters. The number of rotatable bonds is 14. The molecule has 0 radical (unpaired) electrons. The van der Waals surface area contributed by atoms with Crippen LogP contribution in [0.25, 0.3) is 0 Å². The predicted molar refractivity (Wildman–Crippen MR) is 143 cm³/mol. The second-order valence-electron chi connectivity index (χ2n) is 8.54. The quantitative estimate of drug-likeness (QED) is 0.193. The number of nitrogens with one attached hydrogen (secondary N) is 1. The molecule has 0 aliphatic heterocycles. The Hall–Kier alpha value is -3.03. The number of amides is 1. The van der Waals surface area contributed by atoms with Gasteiger partial charge in [-0.15, -0.1) is 11.8 Å². The van der Waals surface area contributed by atoms with Crippen LogP contribution in [-0.2, 0) is 17.6 Å². The number of carbonyl (C=O) groups is 1. The van der Waals surface area contributed by atoms with Crippen molar-refractivity contribution >= 4 is 23.4 Å². The number of anilines is 1. The number of hydrogen-bond acceptors (Lipinski definition) is 3. The van der Waals surface area contributed by atoms with Crippen molar-refractivity contribution in [2.24, 2.45) is 0 Å². The van der Waals surface area contributed by atoms with E-state index in [1.165, 1.54) is 11.1 Å². The topological polar surface area (TPSA) is 52.9 Å². The van der Waals surface area contributed by atoms with Crippen molar-refractivity contribution in [3.05, 3.63) is 95.6 Å². The summed E-state index contributed by atoms with van der Waals surface area (Å²) in [6.45, 7) is 0. The lowest BCUT2D eigenvalue weighted by Gasteiger charge is -2.14. The van der Waals surface area contributed by atoms with E-state index >= 15 is 0 Å². The molecule has 3 nitrogen and oxygen atoms in total. The van der Waals surface area contributed by atoms with Crippen LogP contribution in [0.4, 0.5) is 5.69 Å². The fourth-order valence-electron chi connectivity index (χ4n) is 3.90. The molecule has 3 aromatic carbocycles. The van der Waals surface area contributed by atoms with Crippen LogP contribution in [-0.4, -0.2) is 11.7 Å². The minimum atomic E-state index is 0.0870. The number of aryl methyl sites for hydroxylation is 1. The van der Waals surface area contributed by atoms with Gasteiger partial charge in [-0.3, -0.25) is 4.79 Å². The van der Waals surface area contributed by atoms with Gasteiger partial charge in [-0.05, 0) is 66.7 Å². The first kappa shape index (κ1) is 25.6. The summed E-state index contributed by atoms with van der Waals surface area (Å²) < 4.78 is 0. The zero-order valence-electron chi connectivity index (χ0n) is 19.8. The summed E-state index contributed by atoms with van der Waals surface area (Å²) in [4.78, 5) is 13.9. The van der Waals surface area contributed by atoms with E-state index in [0.29, 0.717) is 12.8 Å². The van der Waals surface area contributed by atoms with Gasteiger partial charge in [0.05, 0.1) is 6.07 Å². The summed E-state index contributed by atoms with van der Waals surface area (Å²) >= 11 is 1.74. The Kier molecular flexibility index (Phi) is 11.3. The average molecular weight is 471 g/mol. The van der Waals surface area contributed by atoms with Crippen molar-refractivity contribution in [2.45, 2.75) is 62.7 Å². The third kappa shape index (κ3) is 9.45. The van der Waals surface area contributed by atoms with E-state index in [1.807, 2.05) is 18.2 Å². The van der Waals surface area contributed by atoms with Gasteiger partial charge in [0.1, 0.15) is 0 Å². The molecule has 0 bridgehead atoms. The van der Waals surface area contributed by atoms with Gasteiger partial charge >= 0.3 is 0 Å². The van der Waals surface area contributed by atoms with Crippen LogP contribution in [0.2, 0.25) is 0 Å². The molecule has 0 heterocycles. The summed E-state index contributed by atoms with van der Waals surface area (Å²) in [5.74, 6) is 0.992. The van der Waals surface area contributed by atoms with Crippen LogP contribution in [0.1, 0.15) is 61.6 Å². The minimum absolute atomic E-state index is 0.0870. The maximum atomic E-state index is 12.7. The lowest BCUT2D eigenvalue weighted by atomic mass is 10.0. The van der Waals surface area contributed by atoms with Gasteiger partial charge in [0.25, 0.3) is 0 Å². The van der Waals surface area contributed by atoms with Crippen LogP contribution in [0.15, 0.2) is 83.8 Å². The van der Waals surface area contributed by atoms with E-state index in [0.717, 1.165) is 66.8 Å². The van der Waals surface area contributed by atoms with Gasteiger partial charge in [-0.25, -0.2) is 0 Å². The molecule has 34 heavy (non-hydrogen) atoms. The molecular weight excluding hydrogens is 436 g/mol. The lowest BCUT2D eigenvalue weighted by Crippen LogP contribution is -2.13. The normalized spacial score (nSPS) is 10.6. The lowest BCUT2D eigenvalue weighted by molar-refractivity contribution is -0.116. The van der Waals surface area contributed by atoms with Crippen molar-refractivity contribution < 1.29 is 4.79 Å². The summed E-state index contributed by atoms with van der Waals surface area (Å²) in [6, 6.07) is 29.5. The highest BCUT2D eigenvalue weighted by atomic mass is 32.2. The van der Waals surface area contributed by atoms with E-state index in [1.54, 1.807) is 11.8 Å². The Labute approximate surface area is 208 Å². The molecular formula is C30H34N2OS. The van der Waals surface area contributed by atoms with Gasteiger partial charge in [-0.1, -0.05) is 79.6 Å². The zero-order valence-corrected chi connectivity index (χ0v) is 20.7. The van der Waals surface area contributed by atoms with E-state index in [4.69, 9.17) is 5.26 Å². The van der Waals surface area contributed by atoms with E-state index < -0.39 is 0 Å². The van der Waals surface area contributed by atoms with Gasteiger partial charge in [-0.2, -0.15) is 5.26 Å². The van der Waals surface area contributed by atoms with Crippen LogP contribution in [0, 0.1) is 11.3 Å². The number of hydrogen-bond donors (Lipinski definition) is 1. The number of nitrogens with zero attached hydrogens (tertiary/aromatic N) is 1. The first-order chi connectivity index (χ1) is 16.7. The fourth-order valence-corrected chi connectivity index (χ4v) is 4.79. The SMILES string of the molecule is N#CCCCSc1ccc(Cc2ccccc2)c(NC(=O)CCCCCCc2ccccc2)c1. The Balaban J connectivity index is 1.51. The monoisotopic (exact) mass is 470 g/mol. The number of nitriles is 1. The maximum absolute atomic E-state index is 12.7. The van der Waals surface area contributed by atoms with Gasteiger partial charge in [0.15, 0.2) is 0 Å². The van der Waals surface area contributed by atoms with Crippen LogP contribution in [0.3, 0.4) is 0 Å². The standard InChI is InChI=1S/C30H34N2OS/c31-21-11-12-22-34-28-20-19-27(23-26-16-8-4-9-17-26)29(24-28)32-30(33)18-10-2-1-5-13-25-14-6-3-7-15-25/h3-4,6-9,14-17,19-20,24H,1-2,5,10-13,18,22-23H2,(H,32,33). The molecule has 0 aromatic heterocycles. The predicted octanol–water partition coefficient (Wildman–Crippen LogP) is 7.80. The molecule has 0 spiro atoms. The van der Waals surface area contributed by atoms with Crippen molar-refractivity contribution in [3.8, 4) is 6.07 Å². The molecule has 1 amide bonds. The van der Waals surface area contributed by atoms with Crippen LogP contribution < -0.4 is 5.32 Å². The molecule has 3 rings (SSSR count). The minimum Gasteiger partial charge on any atom is -0.326 e. The Morgan fingerprint density at radius 1 is 0.824 bits per heavy atom. The molecule has 1 N–H and O–H groups in total. The van der Waals surface area contributed by atoms with Crippen LogP contribution >= 0.6 is 11.8 Å². The van der Waals surface area contributed by atoms with E-state index in [-0.39, 0.29) is 5.91 Å². The fraction of sp³-hybridized carbons (Fsp3) is 0.333. The zero-order chi connectivity index (χ0) is 23.8. The smallest absolute Gasteiger partial charge is 0.224 e. The maximum Gasteiger partial charge on any atom is 0.224 e. The largest absolute Gasteiger partial charge is 0.326 e. The first-order valence-corrected chi connectivity index (χ1v) is 13.2. The van der Waals surface area contributed by atoms with Gasteiger partial charge in [0.2, 0.25) is 5.91 Å². The van der Waals surface area contributed by atoms with Crippen molar-refractivity contribution in [1.29, 1.82) is 5.26 Å². The third-order valence-electron chi connectivity index (χ3n) is 5.76. The second kappa shape index (κ2) is 15.0. The van der Waals surface area contributed by atoms with Crippen molar-refractivity contribution in [3.63, 3.8) is 0 Å². The van der Waals surface area contributed by atoms with Gasteiger partial charge in [0, 0.05) is 23.4 Å². The number of thioether (sulfide) groups is 1. The van der Waals surface area contributed by atoms with Crippen molar-refractivity contribution in [1.82, 2.24) is 0 Å². The molecule has 0 aliphatic rings. The molecule has 0 saturated carbocycles. The average Bonchev–Trinajstić information content (AvgIpc) is 2.87. The molecule has 0 saturated heterocycles. The molecule has 0 aliphatic carbocycles. The van der Waals surface area contributed by atoms with E-state index in [9.17, 15) is 4.79 Å². The summed E-state index contributed by atoms with van der Waals surface area (Å²) in [6.07, 6.45) is 8.20. The highest BCUT2D eigenvalue weighted by Crippen LogP contribution is 2.28. The Morgan fingerprint density at radius 2 is 1.53 bits per heavy atom. The molecule has 3 aromatic rings. The summed E-state index contributed by atoms with van der Waals surface area (Å²) in [5, 5.41) is 11.9. The number of carbonyl (C=O) groups excluding carboxylic acids is 1. The van der Waals surface area contributed by atoms with Crippen LogP contribution in [0.5, 0.6) is 0 Å². The molecule has 4 heteroatoms. The molecule has 0 unspecified atom stereocenters. The second-order valence-corrected chi connectivity index (χ2v) is 9.71. The number of unbranched alkanes of at least 4 members (excludes halogenated alkanes) is 4. The van der Waals surface area contributed by atoms with Gasteiger partial charge < -0.3 is 5.32 Å². The third-order valence-corrected chi connectivity index (χ3v) is 6.84. The Morgan fingerprint density at radius 3 is 2.26 bits per heavy atom. The highest BCUT2D eigenvalue weighted by molar-refractivity contribution is 7.99. The molecule has 176 valence electrons. The summed E-state index contributed by atoms with van der Waals surface area (Å²) in [5.41, 5.74) is 4.65. The summed E-state index contributed by atoms with van der Waals surface area (Å²) in [7, 11) is 0. The van der Waals surface area contributed by atoms with E-state index in [2.05, 4.69) is 72.0 Å². The Bertz CT molecular complexity index is 1040. The highest BCUT2D eigenvalue weighted by Gasteiger charge is 2.10.